The van der Waals surface area contributed by atoms with E-state index in [4.69, 9.17) is 21.4 Å². The van der Waals surface area contributed by atoms with E-state index in [1.165, 1.54) is 6.08 Å². The lowest BCUT2D eigenvalue weighted by molar-refractivity contribution is -0.114. The molecule has 11 heteroatoms. The van der Waals surface area contributed by atoms with Crippen molar-refractivity contribution in [1.29, 1.82) is 5.41 Å². The number of benzene rings is 1. The number of nitrogens with zero attached hydrogens (tertiary/aromatic N) is 3. The van der Waals surface area contributed by atoms with Gasteiger partial charge in [0.15, 0.2) is 0 Å². The summed E-state index contributed by atoms with van der Waals surface area (Å²) in [7, 11) is -3.75. The molecule has 0 saturated heterocycles. The molecule has 8 nitrogen and oxygen atoms in total. The van der Waals surface area contributed by atoms with E-state index >= 15 is 0 Å². The number of hydrogen-bond acceptors (Lipinski definition) is 7. The van der Waals surface area contributed by atoms with Crippen molar-refractivity contribution in [1.82, 2.24) is 4.90 Å². The number of halogens is 1. The van der Waals surface area contributed by atoms with Crippen molar-refractivity contribution in [3.63, 3.8) is 0 Å². The minimum Gasteiger partial charge on any atom is -0.457 e. The highest BCUT2D eigenvalue weighted by molar-refractivity contribution is 8.16. The standard InChI is InChI=1S/C20H17ClN4O4S2/c1-11(2)10-31(27,28)20-24-30-19-23-18(26)15(17(22)25(19)20)9-14-7-8-16(29-14)12-3-5-13(21)6-4-12/h3-9,11,22H,10H2,1-2H3/b15-9-,22-17?. The molecule has 1 aromatic carbocycles. The Morgan fingerprint density at radius 3 is 2.61 bits per heavy atom. The first-order valence-electron chi connectivity index (χ1n) is 9.23. The molecule has 1 aromatic heterocycles. The third-order valence-electron chi connectivity index (χ3n) is 4.37. The Bertz CT molecular complexity index is 1270. The van der Waals surface area contributed by atoms with Gasteiger partial charge in [0.1, 0.15) is 17.4 Å². The molecule has 31 heavy (non-hydrogen) atoms. The van der Waals surface area contributed by atoms with Crippen molar-refractivity contribution in [3.8, 4) is 11.3 Å². The predicted molar refractivity (Wildman–Crippen MR) is 123 cm³/mol. The monoisotopic (exact) mass is 476 g/mol. The number of nitrogens with one attached hydrogen (secondary N) is 1. The van der Waals surface area contributed by atoms with Gasteiger partial charge in [-0.15, -0.1) is 0 Å². The lowest BCUT2D eigenvalue weighted by Gasteiger charge is -2.24. The number of fused-ring (bicyclic) bond motifs is 1. The number of rotatable bonds is 4. The second kappa shape index (κ2) is 8.10. The van der Waals surface area contributed by atoms with Crippen molar-refractivity contribution in [3.05, 3.63) is 52.8 Å². The van der Waals surface area contributed by atoms with E-state index in [0.29, 0.717) is 16.5 Å². The van der Waals surface area contributed by atoms with Crippen LogP contribution in [0.2, 0.25) is 5.02 Å². The maximum atomic E-state index is 12.7. The van der Waals surface area contributed by atoms with Gasteiger partial charge >= 0.3 is 0 Å². The number of carbonyl (C=O) groups excluding carboxylic acids is 1. The van der Waals surface area contributed by atoms with Crippen molar-refractivity contribution >= 4 is 61.5 Å². The molecule has 2 aliphatic rings. The second-order valence-corrected chi connectivity index (χ2v) is 10.4. The molecule has 1 amide bonds. The fourth-order valence-electron chi connectivity index (χ4n) is 3.06. The summed E-state index contributed by atoms with van der Waals surface area (Å²) in [5.41, 5.74) is 0.709. The first kappa shape index (κ1) is 21.5. The van der Waals surface area contributed by atoms with E-state index in [2.05, 4.69) is 9.39 Å². The molecule has 160 valence electrons. The molecule has 4 rings (SSSR count). The molecule has 0 saturated carbocycles. The predicted octanol–water partition coefficient (Wildman–Crippen LogP) is 4.25. The van der Waals surface area contributed by atoms with Gasteiger partial charge in [0.25, 0.3) is 5.91 Å². The van der Waals surface area contributed by atoms with Crippen LogP contribution in [0.4, 0.5) is 0 Å². The number of sulfone groups is 1. The Balaban J connectivity index is 1.66. The lowest BCUT2D eigenvalue weighted by atomic mass is 10.1. The first-order valence-corrected chi connectivity index (χ1v) is 12.0. The first-order chi connectivity index (χ1) is 14.7. The Labute approximate surface area is 188 Å². The maximum Gasteiger partial charge on any atom is 0.283 e. The number of carbonyl (C=O) groups is 1. The molecule has 0 aliphatic carbocycles. The molecule has 1 N–H and O–H groups in total. The fourth-order valence-corrected chi connectivity index (χ4v) is 5.91. The average Bonchev–Trinajstić information content (AvgIpc) is 3.32. The van der Waals surface area contributed by atoms with Crippen LogP contribution in [0, 0.1) is 11.3 Å². The molecule has 0 radical (unpaired) electrons. The van der Waals surface area contributed by atoms with Crippen LogP contribution in [-0.4, -0.2) is 41.1 Å². The molecular weight excluding hydrogens is 460 g/mol. The smallest absolute Gasteiger partial charge is 0.283 e. The van der Waals surface area contributed by atoms with Gasteiger partial charge in [0.05, 0.1) is 23.3 Å². The SMILES string of the molecule is CC(C)CS(=O)(=O)C1=NSC2=NC(=O)/C(=C\c3ccc(-c4ccc(Cl)cc4)o3)C(=N)N21. The number of hydrogen-bond donors (Lipinski definition) is 1. The fraction of sp³-hybridized carbons (Fsp3) is 0.200. The van der Waals surface area contributed by atoms with Crippen LogP contribution in [0.1, 0.15) is 19.6 Å². The lowest BCUT2D eigenvalue weighted by Crippen LogP contribution is -2.46. The molecule has 0 atom stereocenters. The molecule has 2 aromatic rings. The van der Waals surface area contributed by atoms with Crippen LogP contribution in [0.5, 0.6) is 0 Å². The molecule has 0 fully saturated rings. The number of furan rings is 1. The summed E-state index contributed by atoms with van der Waals surface area (Å²) < 4.78 is 35.2. The largest absolute Gasteiger partial charge is 0.457 e. The van der Waals surface area contributed by atoms with Gasteiger partial charge in [-0.25, -0.2) is 13.3 Å². The van der Waals surface area contributed by atoms with Gasteiger partial charge in [-0.3, -0.25) is 10.2 Å². The van der Waals surface area contributed by atoms with Gasteiger partial charge in [-0.05, 0) is 48.4 Å². The maximum absolute atomic E-state index is 12.7. The van der Waals surface area contributed by atoms with Gasteiger partial charge in [-0.1, -0.05) is 25.4 Å². The van der Waals surface area contributed by atoms with E-state index in [0.717, 1.165) is 22.4 Å². The number of aliphatic imine (C=N–C) groups is 1. The van der Waals surface area contributed by atoms with Gasteiger partial charge in [-0.2, -0.15) is 9.39 Å². The van der Waals surface area contributed by atoms with Crippen LogP contribution < -0.4 is 0 Å². The van der Waals surface area contributed by atoms with E-state index in [1.807, 2.05) is 0 Å². The Hall–Kier alpha value is -2.69. The molecule has 2 aliphatic heterocycles. The van der Waals surface area contributed by atoms with Crippen molar-refractivity contribution < 1.29 is 17.6 Å². The van der Waals surface area contributed by atoms with Gasteiger partial charge < -0.3 is 4.42 Å². The number of amides is 1. The van der Waals surface area contributed by atoms with Crippen LogP contribution in [0.3, 0.4) is 0 Å². The zero-order chi connectivity index (χ0) is 22.3. The van der Waals surface area contributed by atoms with Crippen LogP contribution in [-0.2, 0) is 14.6 Å². The van der Waals surface area contributed by atoms with E-state index in [1.54, 1.807) is 50.2 Å². The highest BCUT2D eigenvalue weighted by Crippen LogP contribution is 2.31. The summed E-state index contributed by atoms with van der Waals surface area (Å²) in [4.78, 5) is 17.5. The summed E-state index contributed by atoms with van der Waals surface area (Å²) in [6.45, 7) is 3.56. The normalized spacial score (nSPS) is 17.9. The Kier molecular flexibility index (Phi) is 5.63. The molecule has 0 spiro atoms. The zero-order valence-corrected chi connectivity index (χ0v) is 18.9. The molecule has 0 bridgehead atoms. The molecule has 0 unspecified atom stereocenters. The van der Waals surface area contributed by atoms with Crippen molar-refractivity contribution in [2.24, 2.45) is 15.3 Å². The summed E-state index contributed by atoms with van der Waals surface area (Å²) in [6.07, 6.45) is 1.38. The quantitative estimate of drug-likeness (QED) is 0.521. The zero-order valence-electron chi connectivity index (χ0n) is 16.5. The minimum atomic E-state index is -3.75. The van der Waals surface area contributed by atoms with Crippen LogP contribution >= 0.6 is 23.5 Å². The summed E-state index contributed by atoms with van der Waals surface area (Å²) in [5.74, 6) is -0.336. The summed E-state index contributed by atoms with van der Waals surface area (Å²) in [5, 5.41) is 8.85. The third-order valence-corrected chi connectivity index (χ3v) is 7.37. The van der Waals surface area contributed by atoms with Gasteiger partial charge in [0, 0.05) is 10.6 Å². The Morgan fingerprint density at radius 2 is 1.94 bits per heavy atom. The Morgan fingerprint density at radius 1 is 1.23 bits per heavy atom. The van der Waals surface area contributed by atoms with E-state index in [9.17, 15) is 13.2 Å². The van der Waals surface area contributed by atoms with E-state index in [-0.39, 0.29) is 33.4 Å². The topological polar surface area (TPSA) is 116 Å². The minimum absolute atomic E-state index is 0.0516. The molecule has 3 heterocycles. The highest BCUT2D eigenvalue weighted by atomic mass is 35.5. The molecular formula is C20H17ClN4O4S2. The van der Waals surface area contributed by atoms with Crippen molar-refractivity contribution in [2.45, 2.75) is 13.8 Å². The van der Waals surface area contributed by atoms with Crippen LogP contribution in [0.25, 0.3) is 17.4 Å². The third kappa shape index (κ3) is 4.23. The number of amidine groups is 3. The van der Waals surface area contributed by atoms with E-state index < -0.39 is 15.7 Å². The summed E-state index contributed by atoms with van der Waals surface area (Å²) in [6, 6.07) is 10.4. The highest BCUT2D eigenvalue weighted by Gasteiger charge is 2.42. The summed E-state index contributed by atoms with van der Waals surface area (Å²) >= 11 is 6.68. The van der Waals surface area contributed by atoms with Crippen LogP contribution in [0.15, 0.2) is 55.8 Å². The average molecular weight is 477 g/mol. The second-order valence-electron chi connectivity index (χ2n) is 7.29. The van der Waals surface area contributed by atoms with Gasteiger partial charge in [0.2, 0.25) is 20.2 Å². The van der Waals surface area contributed by atoms with Crippen molar-refractivity contribution in [2.75, 3.05) is 5.75 Å².